The van der Waals surface area contributed by atoms with E-state index < -0.39 is 0 Å². The third kappa shape index (κ3) is 5.09. The number of nitrogens with zero attached hydrogens (tertiary/aromatic N) is 2. The molecule has 3 heteroatoms. The maximum absolute atomic E-state index is 9.51. The fraction of sp³-hybridized carbons (Fsp3) is 0.293. The summed E-state index contributed by atoms with van der Waals surface area (Å²) in [5.41, 5.74) is 7.81. The van der Waals surface area contributed by atoms with E-state index in [1.807, 2.05) is 0 Å². The van der Waals surface area contributed by atoms with Gasteiger partial charge in [-0.15, -0.1) is 0 Å². The lowest BCUT2D eigenvalue weighted by Crippen LogP contribution is -2.27. The van der Waals surface area contributed by atoms with Crippen LogP contribution in [0.15, 0.2) is 121 Å². The highest BCUT2D eigenvalue weighted by molar-refractivity contribution is 6.07. The average Bonchev–Trinajstić information content (AvgIpc) is 3.34. The minimum absolute atomic E-state index is 0.0942. The van der Waals surface area contributed by atoms with Gasteiger partial charge in [0, 0.05) is 47.5 Å². The zero-order valence-electron chi connectivity index (χ0n) is 26.9. The van der Waals surface area contributed by atoms with Crippen LogP contribution < -0.4 is 4.90 Å². The highest BCUT2D eigenvalue weighted by Crippen LogP contribution is 2.51. The normalized spacial score (nSPS) is 17.9. The molecule has 0 aliphatic carbocycles. The van der Waals surface area contributed by atoms with Crippen molar-refractivity contribution in [2.45, 2.75) is 64.2 Å². The molecular weight excluding hydrogens is 536 g/mol. The molecule has 0 fully saturated rings. The second-order valence-corrected chi connectivity index (χ2v) is 13.4. The van der Waals surface area contributed by atoms with Crippen LogP contribution in [0.4, 0.5) is 11.4 Å². The van der Waals surface area contributed by atoms with Gasteiger partial charge in [0.1, 0.15) is 7.05 Å². The van der Waals surface area contributed by atoms with Crippen molar-refractivity contribution in [3.63, 3.8) is 0 Å². The monoisotopic (exact) mass is 581 g/mol. The molecule has 44 heavy (non-hydrogen) atoms. The second kappa shape index (κ2) is 11.6. The van der Waals surface area contributed by atoms with Crippen LogP contribution in [-0.2, 0) is 10.8 Å². The highest BCUT2D eigenvalue weighted by atomic mass is 16.3. The zero-order valence-corrected chi connectivity index (χ0v) is 26.9. The Morgan fingerprint density at radius 3 is 2.14 bits per heavy atom. The Morgan fingerprint density at radius 2 is 1.43 bits per heavy atom. The van der Waals surface area contributed by atoms with Gasteiger partial charge >= 0.3 is 0 Å². The van der Waals surface area contributed by atoms with E-state index in [-0.39, 0.29) is 16.6 Å². The van der Waals surface area contributed by atoms with Crippen LogP contribution in [-0.4, -0.2) is 29.0 Å². The van der Waals surface area contributed by atoms with Crippen molar-refractivity contribution < 1.29 is 9.68 Å². The third-order valence-corrected chi connectivity index (χ3v) is 9.73. The number of hydrogen-bond donors (Lipinski definition) is 1. The summed E-state index contributed by atoms with van der Waals surface area (Å²) in [5, 5.41) is 14.8. The van der Waals surface area contributed by atoms with Crippen molar-refractivity contribution in [3.05, 3.63) is 132 Å². The SMILES string of the molecule is C=C(O)CCCCCN1C(=CC=CC=CC2=[N+](C)c3ccc4ccccc4c3C2(C)C)C(C)(C)c2c1ccc1ccccc21. The largest absolute Gasteiger partial charge is 0.513 e. The van der Waals surface area contributed by atoms with E-state index in [9.17, 15) is 5.11 Å². The van der Waals surface area contributed by atoms with Gasteiger partial charge in [0.2, 0.25) is 5.69 Å². The summed E-state index contributed by atoms with van der Waals surface area (Å²) in [6.45, 7) is 14.0. The van der Waals surface area contributed by atoms with Crippen LogP contribution in [0, 0.1) is 0 Å². The van der Waals surface area contributed by atoms with Gasteiger partial charge in [-0.25, -0.2) is 0 Å². The lowest BCUT2D eigenvalue weighted by molar-refractivity contribution is -0.401. The lowest BCUT2D eigenvalue weighted by Gasteiger charge is -2.27. The Kier molecular flexibility index (Phi) is 7.84. The zero-order chi connectivity index (χ0) is 31.1. The summed E-state index contributed by atoms with van der Waals surface area (Å²) < 4.78 is 2.35. The van der Waals surface area contributed by atoms with E-state index >= 15 is 0 Å². The van der Waals surface area contributed by atoms with E-state index in [0.29, 0.717) is 6.42 Å². The topological polar surface area (TPSA) is 26.5 Å². The van der Waals surface area contributed by atoms with Gasteiger partial charge in [-0.3, -0.25) is 0 Å². The number of benzene rings is 4. The van der Waals surface area contributed by atoms with Crippen molar-refractivity contribution >= 4 is 38.6 Å². The van der Waals surface area contributed by atoms with Gasteiger partial charge in [-0.05, 0) is 72.0 Å². The molecule has 0 aromatic heterocycles. The molecule has 0 saturated carbocycles. The van der Waals surface area contributed by atoms with Gasteiger partial charge in [0.15, 0.2) is 5.71 Å². The molecular formula is C41H45N2O+. The summed E-state index contributed by atoms with van der Waals surface area (Å²) in [7, 11) is 2.19. The fourth-order valence-corrected chi connectivity index (χ4v) is 7.60. The standard InChI is InChI=1S/C41H44N2O/c1-29(44)17-9-8-16-28-43-35-27-25-31-19-13-15-21-33(31)39(35)41(4,5)37(43)23-11-7-10-22-36-40(2,3)38-32-20-14-12-18-30(32)24-26-34(38)42(36)6/h7,10-15,18-27H,1,8-9,16-17,28H2,2-6H3/p+1. The summed E-state index contributed by atoms with van der Waals surface area (Å²) >= 11 is 0. The number of allylic oxidation sites excluding steroid dienone is 7. The van der Waals surface area contributed by atoms with E-state index in [2.05, 4.69) is 154 Å². The first kappa shape index (κ1) is 29.7. The maximum Gasteiger partial charge on any atom is 0.210 e. The molecule has 0 bridgehead atoms. The summed E-state index contributed by atoms with van der Waals surface area (Å²) in [4.78, 5) is 2.52. The first-order valence-electron chi connectivity index (χ1n) is 16.0. The lowest BCUT2D eigenvalue weighted by atomic mass is 9.79. The first-order valence-corrected chi connectivity index (χ1v) is 16.0. The Labute approximate surface area is 262 Å². The van der Waals surface area contributed by atoms with Crippen LogP contribution in [0.25, 0.3) is 21.5 Å². The number of aliphatic hydroxyl groups is 1. The smallest absolute Gasteiger partial charge is 0.210 e. The quantitative estimate of drug-likeness (QED) is 0.0921. The second-order valence-electron chi connectivity index (χ2n) is 13.4. The summed E-state index contributed by atoms with van der Waals surface area (Å²) in [5.74, 6) is 0.283. The molecule has 0 unspecified atom stereocenters. The Hall–Kier alpha value is -4.37. The molecule has 0 amide bonds. The van der Waals surface area contributed by atoms with Crippen LogP contribution >= 0.6 is 0 Å². The van der Waals surface area contributed by atoms with Crippen molar-refractivity contribution in [2.75, 3.05) is 18.5 Å². The number of fused-ring (bicyclic) bond motifs is 6. The number of hydrogen-bond acceptors (Lipinski definition) is 2. The number of anilines is 1. The summed E-state index contributed by atoms with van der Waals surface area (Å²) in [6, 6.07) is 26.5. The molecule has 4 aromatic rings. The van der Waals surface area contributed by atoms with Crippen molar-refractivity contribution in [3.8, 4) is 0 Å². The number of rotatable bonds is 9. The predicted molar refractivity (Wildman–Crippen MR) is 189 cm³/mol. The Balaban J connectivity index is 1.29. The fourth-order valence-electron chi connectivity index (χ4n) is 7.60. The molecule has 0 spiro atoms. The third-order valence-electron chi connectivity index (χ3n) is 9.73. The van der Waals surface area contributed by atoms with Crippen LogP contribution in [0.1, 0.15) is 64.5 Å². The van der Waals surface area contributed by atoms with E-state index in [1.54, 1.807) is 0 Å². The molecule has 6 rings (SSSR count). The van der Waals surface area contributed by atoms with Gasteiger partial charge in [0.25, 0.3) is 0 Å². The molecule has 4 aromatic carbocycles. The highest BCUT2D eigenvalue weighted by Gasteiger charge is 2.44. The van der Waals surface area contributed by atoms with Crippen molar-refractivity contribution in [1.29, 1.82) is 0 Å². The molecule has 3 nitrogen and oxygen atoms in total. The van der Waals surface area contributed by atoms with E-state index in [4.69, 9.17) is 0 Å². The minimum atomic E-state index is -0.130. The molecule has 2 aliphatic rings. The van der Waals surface area contributed by atoms with Crippen LogP contribution in [0.3, 0.4) is 0 Å². The number of aliphatic hydroxyl groups excluding tert-OH is 1. The average molecular weight is 582 g/mol. The molecule has 2 aliphatic heterocycles. The van der Waals surface area contributed by atoms with Crippen LogP contribution in [0.5, 0.6) is 0 Å². The van der Waals surface area contributed by atoms with Gasteiger partial charge < -0.3 is 10.0 Å². The molecule has 224 valence electrons. The van der Waals surface area contributed by atoms with Crippen molar-refractivity contribution in [2.24, 2.45) is 0 Å². The minimum Gasteiger partial charge on any atom is -0.513 e. The first-order chi connectivity index (χ1) is 21.1. The van der Waals surface area contributed by atoms with E-state index in [1.165, 1.54) is 55.5 Å². The molecule has 1 N–H and O–H groups in total. The van der Waals surface area contributed by atoms with Crippen LogP contribution in [0.2, 0.25) is 0 Å². The summed E-state index contributed by atoms with van der Waals surface area (Å²) in [6.07, 6.45) is 14.9. The molecule has 0 saturated heterocycles. The maximum atomic E-state index is 9.51. The predicted octanol–water partition coefficient (Wildman–Crippen LogP) is 10.4. The Morgan fingerprint density at radius 1 is 0.773 bits per heavy atom. The number of unbranched alkanes of at least 4 members (excludes halogenated alkanes) is 2. The Bertz CT molecular complexity index is 1880. The molecule has 0 atom stereocenters. The molecule has 2 heterocycles. The van der Waals surface area contributed by atoms with E-state index in [0.717, 1.165) is 25.8 Å². The van der Waals surface area contributed by atoms with Gasteiger partial charge in [0.05, 0.1) is 11.2 Å². The van der Waals surface area contributed by atoms with Crippen molar-refractivity contribution in [1.82, 2.24) is 0 Å². The van der Waals surface area contributed by atoms with Gasteiger partial charge in [-0.2, -0.15) is 4.58 Å². The van der Waals surface area contributed by atoms with Gasteiger partial charge in [-0.1, -0.05) is 99.7 Å². The molecule has 0 radical (unpaired) electrons.